The number of nitrogens with zero attached hydrogens (tertiary/aromatic N) is 4. The Morgan fingerprint density at radius 2 is 1.81 bits per heavy atom. The van der Waals surface area contributed by atoms with Crippen molar-refractivity contribution in [2.45, 2.75) is 68.8 Å². The van der Waals surface area contributed by atoms with Crippen LogP contribution >= 0.6 is 11.6 Å². The van der Waals surface area contributed by atoms with Crippen molar-refractivity contribution in [3.63, 3.8) is 0 Å². The van der Waals surface area contributed by atoms with E-state index in [9.17, 15) is 14.7 Å². The van der Waals surface area contributed by atoms with Gasteiger partial charge >= 0.3 is 19.1 Å². The second kappa shape index (κ2) is 19.7. The van der Waals surface area contributed by atoms with Gasteiger partial charge < -0.3 is 35.1 Å². The van der Waals surface area contributed by atoms with Gasteiger partial charge in [0.1, 0.15) is 11.6 Å². The maximum atomic E-state index is 12.7. The molecule has 3 unspecified atom stereocenters. The van der Waals surface area contributed by atoms with Gasteiger partial charge in [0.2, 0.25) is 0 Å². The van der Waals surface area contributed by atoms with Crippen LogP contribution in [0, 0.1) is 0 Å². The topological polar surface area (TPSA) is 201 Å². The molecule has 1 aliphatic rings. The van der Waals surface area contributed by atoms with E-state index >= 15 is 0 Å². The number of ether oxygens (including phenoxy) is 3. The second-order valence-electron chi connectivity index (χ2n) is 10.5. The Hall–Kier alpha value is -2.42. The number of carboxylic acids is 1. The van der Waals surface area contributed by atoms with Crippen molar-refractivity contribution in [1.82, 2.24) is 4.90 Å². The molecule has 0 saturated carbocycles. The van der Waals surface area contributed by atoms with Crippen LogP contribution in [-0.4, -0.2) is 103 Å². The number of halogens is 1. The zero-order valence-corrected chi connectivity index (χ0v) is 24.7. The van der Waals surface area contributed by atoms with Gasteiger partial charge in [0.05, 0.1) is 32.8 Å². The van der Waals surface area contributed by atoms with Crippen LogP contribution in [0.3, 0.4) is 0 Å². The summed E-state index contributed by atoms with van der Waals surface area (Å²) in [7, 11) is -1.41. The first-order valence-corrected chi connectivity index (χ1v) is 14.7. The molecule has 1 saturated heterocycles. The number of azide groups is 1. The van der Waals surface area contributed by atoms with Gasteiger partial charge in [-0.15, -0.1) is 0 Å². The van der Waals surface area contributed by atoms with E-state index in [1.165, 1.54) is 0 Å². The summed E-state index contributed by atoms with van der Waals surface area (Å²) in [5, 5.41) is 31.7. The highest BCUT2D eigenvalue weighted by atomic mass is 35.5. The molecule has 2 rings (SSSR count). The van der Waals surface area contributed by atoms with Crippen LogP contribution in [0.1, 0.15) is 56.4 Å². The third kappa shape index (κ3) is 13.7. The number of nitrogens with two attached hydrogens (primary N) is 1. The number of hydrogen-bond acceptors (Lipinski definition) is 10. The number of benzene rings is 1. The first-order chi connectivity index (χ1) is 20.1. The Labute approximate surface area is 252 Å². The van der Waals surface area contributed by atoms with E-state index in [4.69, 9.17) is 47.1 Å². The highest BCUT2D eigenvalue weighted by Crippen LogP contribution is 2.32. The predicted molar refractivity (Wildman–Crippen MR) is 158 cm³/mol. The van der Waals surface area contributed by atoms with Gasteiger partial charge in [-0.3, -0.25) is 14.5 Å². The predicted octanol–water partition coefficient (Wildman–Crippen LogP) is 2.98. The molecule has 5 N–H and O–H groups in total. The van der Waals surface area contributed by atoms with E-state index in [-0.39, 0.29) is 50.6 Å². The SMILES string of the molecule is [N-]=[N+]=NCCOCCOCCC(=O)OC1CN(CCCC(N)(CCCCB(O)O)C(=O)O)CCC1c1ccc(Cl)cc1. The summed E-state index contributed by atoms with van der Waals surface area (Å²) >= 11 is 6.08. The second-order valence-corrected chi connectivity index (χ2v) is 10.9. The molecule has 1 aromatic carbocycles. The lowest BCUT2D eigenvalue weighted by Gasteiger charge is -2.38. The maximum absolute atomic E-state index is 12.7. The molecular weight excluding hydrogens is 569 g/mol. The highest BCUT2D eigenvalue weighted by molar-refractivity contribution is 6.40. The first-order valence-electron chi connectivity index (χ1n) is 14.4. The number of carbonyl (C=O) groups excluding carboxylic acids is 1. The Kier molecular flexibility index (Phi) is 16.8. The molecule has 0 amide bonds. The lowest BCUT2D eigenvalue weighted by molar-refractivity contribution is -0.154. The molecule has 15 heteroatoms. The first kappa shape index (κ1) is 35.8. The summed E-state index contributed by atoms with van der Waals surface area (Å²) < 4.78 is 16.7. The molecule has 1 fully saturated rings. The molecule has 0 aliphatic carbocycles. The molecule has 234 valence electrons. The third-order valence-corrected chi connectivity index (χ3v) is 7.56. The average molecular weight is 612 g/mol. The van der Waals surface area contributed by atoms with E-state index in [0.29, 0.717) is 57.2 Å². The standard InChI is InChI=1S/C27H43BClN5O8/c29-22-6-4-21(5-7-22)23-8-15-34(14-3-11-27(30,26(36)37)10-1-2-12-28(38)39)20-24(23)42-25(35)9-16-40-18-19-41-17-13-32-33-31/h4-7,23-24,38-39H,1-3,8-20,30H2,(H,36,37). The lowest BCUT2D eigenvalue weighted by atomic mass is 9.81. The zero-order chi connectivity index (χ0) is 30.8. The van der Waals surface area contributed by atoms with Crippen molar-refractivity contribution in [3.8, 4) is 0 Å². The Morgan fingerprint density at radius 3 is 2.48 bits per heavy atom. The Bertz CT molecular complexity index is 1000. The number of carboxylic acid groups (broad SMARTS) is 1. The average Bonchev–Trinajstić information content (AvgIpc) is 2.95. The number of rotatable bonds is 21. The van der Waals surface area contributed by atoms with Gasteiger partial charge in [0.15, 0.2) is 0 Å². The fourth-order valence-electron chi connectivity index (χ4n) is 4.97. The van der Waals surface area contributed by atoms with Crippen molar-refractivity contribution in [2.75, 3.05) is 52.6 Å². The summed E-state index contributed by atoms with van der Waals surface area (Å²) in [6.07, 6.45) is 2.66. The van der Waals surface area contributed by atoms with Crippen LogP contribution in [0.2, 0.25) is 11.3 Å². The minimum Gasteiger partial charge on any atom is -0.480 e. The monoisotopic (exact) mass is 611 g/mol. The molecule has 0 bridgehead atoms. The lowest BCUT2D eigenvalue weighted by Crippen LogP contribution is -2.49. The molecule has 0 spiro atoms. The summed E-state index contributed by atoms with van der Waals surface area (Å²) in [6, 6.07) is 7.53. The molecule has 0 radical (unpaired) electrons. The van der Waals surface area contributed by atoms with Crippen LogP contribution in [0.15, 0.2) is 29.4 Å². The number of esters is 1. The van der Waals surface area contributed by atoms with Crippen molar-refractivity contribution in [2.24, 2.45) is 10.8 Å². The molecule has 3 atom stereocenters. The van der Waals surface area contributed by atoms with Crippen LogP contribution in [0.4, 0.5) is 0 Å². The van der Waals surface area contributed by atoms with Gasteiger partial charge in [-0.25, -0.2) is 0 Å². The minimum absolute atomic E-state index is 0.0117. The quantitative estimate of drug-likeness (QED) is 0.0400. The smallest absolute Gasteiger partial charge is 0.451 e. The number of piperidine rings is 1. The molecule has 1 aromatic rings. The van der Waals surface area contributed by atoms with Crippen LogP contribution in [0.5, 0.6) is 0 Å². The van der Waals surface area contributed by atoms with Gasteiger partial charge in [-0.05, 0) is 68.3 Å². The van der Waals surface area contributed by atoms with E-state index in [2.05, 4.69) is 14.9 Å². The van der Waals surface area contributed by atoms with Crippen molar-refractivity contribution in [1.29, 1.82) is 0 Å². The summed E-state index contributed by atoms with van der Waals surface area (Å²) in [6.45, 7) is 3.22. The molecule has 13 nitrogen and oxygen atoms in total. The van der Waals surface area contributed by atoms with E-state index in [1.807, 2.05) is 24.3 Å². The van der Waals surface area contributed by atoms with Crippen LogP contribution < -0.4 is 5.73 Å². The normalized spacial score (nSPS) is 18.6. The van der Waals surface area contributed by atoms with Gasteiger partial charge in [-0.2, -0.15) is 0 Å². The number of carbonyl (C=O) groups is 2. The largest absolute Gasteiger partial charge is 0.480 e. The van der Waals surface area contributed by atoms with Gasteiger partial charge in [0, 0.05) is 28.9 Å². The number of unbranched alkanes of at least 4 members (excludes halogenated alkanes) is 1. The number of hydrogen-bond donors (Lipinski definition) is 4. The molecular formula is C27H43BClN5O8. The maximum Gasteiger partial charge on any atom is 0.451 e. The van der Waals surface area contributed by atoms with E-state index < -0.39 is 24.7 Å². The third-order valence-electron chi connectivity index (χ3n) is 7.30. The van der Waals surface area contributed by atoms with Crippen molar-refractivity contribution >= 4 is 30.7 Å². The Morgan fingerprint density at radius 1 is 1.12 bits per heavy atom. The van der Waals surface area contributed by atoms with Crippen LogP contribution in [-0.2, 0) is 23.8 Å². The fraction of sp³-hybridized carbons (Fsp3) is 0.704. The molecule has 1 heterocycles. The molecule has 0 aromatic heterocycles. The van der Waals surface area contributed by atoms with E-state index in [1.54, 1.807) is 0 Å². The van der Waals surface area contributed by atoms with Crippen molar-refractivity contribution < 1.29 is 39.0 Å². The zero-order valence-electron chi connectivity index (χ0n) is 24.0. The van der Waals surface area contributed by atoms with Crippen LogP contribution in [0.25, 0.3) is 10.4 Å². The number of likely N-dealkylation sites (tertiary alicyclic amines) is 1. The summed E-state index contributed by atoms with van der Waals surface area (Å²) in [4.78, 5) is 29.4. The summed E-state index contributed by atoms with van der Waals surface area (Å²) in [5.41, 5.74) is 14.1. The molecule has 1 aliphatic heterocycles. The number of aliphatic carboxylic acids is 1. The molecule has 42 heavy (non-hydrogen) atoms. The highest BCUT2D eigenvalue weighted by Gasteiger charge is 2.35. The Balaban J connectivity index is 1.87. The van der Waals surface area contributed by atoms with Crippen molar-refractivity contribution in [3.05, 3.63) is 45.3 Å². The van der Waals surface area contributed by atoms with E-state index in [0.717, 1.165) is 18.5 Å². The minimum atomic E-state index is -1.41. The van der Waals surface area contributed by atoms with Gasteiger partial charge in [-0.1, -0.05) is 41.7 Å². The van der Waals surface area contributed by atoms with Gasteiger partial charge in [0.25, 0.3) is 0 Å². The summed E-state index contributed by atoms with van der Waals surface area (Å²) in [5.74, 6) is -1.45. The fourth-order valence-corrected chi connectivity index (χ4v) is 5.10.